The van der Waals surface area contributed by atoms with Gasteiger partial charge in [0.05, 0.1) is 30.0 Å². The highest BCUT2D eigenvalue weighted by atomic mass is 32.2. The normalized spacial score (nSPS) is 15.7. The molecule has 2 aliphatic rings. The number of ether oxygens (including phenoxy) is 2. The molecule has 2 heterocycles. The Labute approximate surface area is 236 Å². The standard InChI is InChI=1S/C32H38N2O4S/c1-20-21(2)29-25(14-9-17-34(29)39-33-24-12-7-6-8-13-24)28(30(31(35)36)38-32(3,4)5)27(20)23-15-16-26-22(19-23)11-10-18-37-26/h6-8,12-13,15-16,19,30,33H,9-11,14,17-18H2,1-5H3,(H,35,36). The van der Waals surface area contributed by atoms with Gasteiger partial charge in [0.15, 0.2) is 6.10 Å². The van der Waals surface area contributed by atoms with Crippen molar-refractivity contribution in [3.63, 3.8) is 0 Å². The van der Waals surface area contributed by atoms with Crippen LogP contribution >= 0.6 is 12.1 Å². The first-order chi connectivity index (χ1) is 18.6. The molecule has 0 saturated heterocycles. The highest BCUT2D eigenvalue weighted by Crippen LogP contribution is 2.48. The van der Waals surface area contributed by atoms with Crippen molar-refractivity contribution >= 4 is 29.5 Å². The van der Waals surface area contributed by atoms with Gasteiger partial charge in [-0.1, -0.05) is 24.3 Å². The molecule has 6 nitrogen and oxygen atoms in total. The molecular formula is C32H38N2O4S. The van der Waals surface area contributed by atoms with Crippen LogP contribution in [0.5, 0.6) is 5.75 Å². The molecule has 5 rings (SSSR count). The van der Waals surface area contributed by atoms with Gasteiger partial charge in [-0.25, -0.2) is 4.79 Å². The van der Waals surface area contributed by atoms with Crippen LogP contribution in [0, 0.1) is 13.8 Å². The van der Waals surface area contributed by atoms with Crippen molar-refractivity contribution in [2.24, 2.45) is 0 Å². The number of aryl methyl sites for hydroxylation is 1. The van der Waals surface area contributed by atoms with Gasteiger partial charge in [-0.3, -0.25) is 4.31 Å². The molecular weight excluding hydrogens is 508 g/mol. The molecule has 2 N–H and O–H groups in total. The maximum absolute atomic E-state index is 12.9. The van der Waals surface area contributed by atoms with E-state index in [2.05, 4.69) is 35.0 Å². The topological polar surface area (TPSA) is 71.0 Å². The second-order valence-electron chi connectivity index (χ2n) is 11.4. The molecule has 3 aromatic rings. The molecule has 0 fully saturated rings. The van der Waals surface area contributed by atoms with Crippen molar-refractivity contribution in [3.05, 3.63) is 76.3 Å². The monoisotopic (exact) mass is 546 g/mol. The molecule has 1 atom stereocenters. The van der Waals surface area contributed by atoms with E-state index in [1.54, 1.807) is 12.1 Å². The van der Waals surface area contributed by atoms with Gasteiger partial charge in [-0.05, 0) is 118 Å². The average molecular weight is 547 g/mol. The summed E-state index contributed by atoms with van der Waals surface area (Å²) in [6.07, 6.45) is 2.57. The van der Waals surface area contributed by atoms with Gasteiger partial charge in [0.25, 0.3) is 0 Å². The molecule has 39 heavy (non-hydrogen) atoms. The lowest BCUT2D eigenvalue weighted by Gasteiger charge is -2.37. The van der Waals surface area contributed by atoms with Crippen molar-refractivity contribution in [2.45, 2.75) is 72.0 Å². The highest BCUT2D eigenvalue weighted by molar-refractivity contribution is 8.01. The Morgan fingerprint density at radius 3 is 2.56 bits per heavy atom. The third-order valence-corrected chi connectivity index (χ3v) is 8.33. The van der Waals surface area contributed by atoms with E-state index in [0.717, 1.165) is 83.8 Å². The van der Waals surface area contributed by atoms with Crippen LogP contribution in [0.25, 0.3) is 11.1 Å². The second-order valence-corrected chi connectivity index (χ2v) is 12.2. The maximum Gasteiger partial charge on any atom is 0.337 e. The summed E-state index contributed by atoms with van der Waals surface area (Å²) in [7, 11) is 0. The number of aliphatic carboxylic acids is 1. The summed E-state index contributed by atoms with van der Waals surface area (Å²) in [6, 6.07) is 16.4. The molecule has 0 aliphatic carbocycles. The lowest BCUT2D eigenvalue weighted by molar-refractivity contribution is -0.160. The van der Waals surface area contributed by atoms with Crippen LogP contribution in [-0.2, 0) is 22.4 Å². The Hall–Kier alpha value is -3.16. The van der Waals surface area contributed by atoms with Crippen LogP contribution in [-0.4, -0.2) is 29.8 Å². The van der Waals surface area contributed by atoms with Gasteiger partial charge in [0, 0.05) is 17.8 Å². The predicted octanol–water partition coefficient (Wildman–Crippen LogP) is 7.66. The summed E-state index contributed by atoms with van der Waals surface area (Å²) in [5, 5.41) is 10.6. The Morgan fingerprint density at radius 1 is 1.08 bits per heavy atom. The van der Waals surface area contributed by atoms with Gasteiger partial charge in [-0.15, -0.1) is 0 Å². The number of benzene rings is 3. The van der Waals surface area contributed by atoms with Crippen LogP contribution in [0.4, 0.5) is 11.4 Å². The van der Waals surface area contributed by atoms with E-state index in [1.807, 2.05) is 57.2 Å². The van der Waals surface area contributed by atoms with E-state index in [9.17, 15) is 9.90 Å². The number of nitrogens with zero attached hydrogens (tertiary/aromatic N) is 1. The number of para-hydroxylation sites is 1. The molecule has 2 aliphatic heterocycles. The summed E-state index contributed by atoms with van der Waals surface area (Å²) in [5.41, 5.74) is 8.74. The van der Waals surface area contributed by atoms with E-state index in [-0.39, 0.29) is 0 Å². The zero-order valence-electron chi connectivity index (χ0n) is 23.5. The summed E-state index contributed by atoms with van der Waals surface area (Å²) < 4.78 is 18.0. The third-order valence-electron chi connectivity index (χ3n) is 7.41. The average Bonchev–Trinajstić information content (AvgIpc) is 2.92. The first-order valence-corrected chi connectivity index (χ1v) is 14.5. The minimum atomic E-state index is -1.09. The Bertz CT molecular complexity index is 1370. The number of rotatable bonds is 7. The number of hydrogen-bond donors (Lipinski definition) is 2. The van der Waals surface area contributed by atoms with Gasteiger partial charge in [-0.2, -0.15) is 0 Å². The van der Waals surface area contributed by atoms with Crippen LogP contribution in [0.2, 0.25) is 0 Å². The van der Waals surface area contributed by atoms with Crippen molar-refractivity contribution in [3.8, 4) is 16.9 Å². The molecule has 1 unspecified atom stereocenters. The van der Waals surface area contributed by atoms with Crippen LogP contribution in [0.15, 0.2) is 48.5 Å². The number of anilines is 2. The molecule has 206 valence electrons. The molecule has 7 heteroatoms. The van der Waals surface area contributed by atoms with Crippen molar-refractivity contribution in [1.82, 2.24) is 0 Å². The zero-order valence-corrected chi connectivity index (χ0v) is 24.3. The largest absolute Gasteiger partial charge is 0.493 e. The fraction of sp³-hybridized carbons (Fsp3) is 0.406. The van der Waals surface area contributed by atoms with E-state index < -0.39 is 17.7 Å². The first-order valence-electron chi connectivity index (χ1n) is 13.7. The quantitative estimate of drug-likeness (QED) is 0.295. The Kier molecular flexibility index (Phi) is 7.83. The second kappa shape index (κ2) is 11.1. The number of carbonyl (C=O) groups is 1. The molecule has 0 aromatic heterocycles. The lowest BCUT2D eigenvalue weighted by atomic mass is 9.81. The van der Waals surface area contributed by atoms with E-state index in [1.165, 1.54) is 11.1 Å². The van der Waals surface area contributed by atoms with Crippen molar-refractivity contribution in [2.75, 3.05) is 22.2 Å². The van der Waals surface area contributed by atoms with Gasteiger partial charge in [0.2, 0.25) is 0 Å². The summed E-state index contributed by atoms with van der Waals surface area (Å²) in [5.74, 6) is -0.0423. The van der Waals surface area contributed by atoms with Crippen molar-refractivity contribution < 1.29 is 19.4 Å². The number of fused-ring (bicyclic) bond motifs is 2. The zero-order chi connectivity index (χ0) is 27.7. The van der Waals surface area contributed by atoms with Crippen LogP contribution < -0.4 is 13.8 Å². The maximum atomic E-state index is 12.9. The minimum absolute atomic E-state index is 0.631. The van der Waals surface area contributed by atoms with E-state index in [4.69, 9.17) is 9.47 Å². The van der Waals surface area contributed by atoms with E-state index >= 15 is 0 Å². The van der Waals surface area contributed by atoms with Gasteiger partial charge >= 0.3 is 5.97 Å². The fourth-order valence-corrected chi connectivity index (χ4v) is 6.55. The Morgan fingerprint density at radius 2 is 1.85 bits per heavy atom. The molecule has 0 bridgehead atoms. The predicted molar refractivity (Wildman–Crippen MR) is 160 cm³/mol. The lowest BCUT2D eigenvalue weighted by Crippen LogP contribution is -2.32. The first kappa shape index (κ1) is 27.4. The summed E-state index contributed by atoms with van der Waals surface area (Å²) in [6.45, 7) is 11.6. The summed E-state index contributed by atoms with van der Waals surface area (Å²) in [4.78, 5) is 12.9. The van der Waals surface area contributed by atoms with Crippen LogP contribution in [0.3, 0.4) is 0 Å². The van der Waals surface area contributed by atoms with Crippen molar-refractivity contribution in [1.29, 1.82) is 0 Å². The highest BCUT2D eigenvalue weighted by Gasteiger charge is 2.36. The summed E-state index contributed by atoms with van der Waals surface area (Å²) >= 11 is 1.56. The molecule has 0 amide bonds. The van der Waals surface area contributed by atoms with Crippen LogP contribution in [0.1, 0.15) is 67.5 Å². The Balaban J connectivity index is 1.69. The molecule has 0 spiro atoms. The fourth-order valence-electron chi connectivity index (χ4n) is 5.64. The molecule has 0 saturated carbocycles. The smallest absolute Gasteiger partial charge is 0.337 e. The van der Waals surface area contributed by atoms with Gasteiger partial charge in [0.1, 0.15) is 5.75 Å². The van der Waals surface area contributed by atoms with E-state index in [0.29, 0.717) is 0 Å². The number of carboxylic acid groups (broad SMARTS) is 1. The SMILES string of the molecule is Cc1c(C)c2c(c(C(OC(C)(C)C)C(=O)O)c1-c1ccc3c(c1)CCCO3)CCCN2SNc1ccccc1. The number of carboxylic acids is 1. The number of nitrogens with one attached hydrogen (secondary N) is 1. The number of hydrogen-bond acceptors (Lipinski definition) is 6. The molecule has 3 aromatic carbocycles. The minimum Gasteiger partial charge on any atom is -0.493 e. The van der Waals surface area contributed by atoms with Gasteiger partial charge < -0.3 is 19.3 Å². The third kappa shape index (κ3) is 5.75. The molecule has 0 radical (unpaired) electrons.